The zero-order valence-electron chi connectivity index (χ0n) is 41.9. The van der Waals surface area contributed by atoms with Gasteiger partial charge >= 0.3 is 0 Å². The van der Waals surface area contributed by atoms with Gasteiger partial charge in [-0.05, 0) is 70.6 Å². The molecule has 1 amide bonds. The van der Waals surface area contributed by atoms with Gasteiger partial charge in [0, 0.05) is 6.42 Å². The number of allylic oxidation sites excluding steroid dienone is 7. The number of rotatable bonds is 51. The van der Waals surface area contributed by atoms with Crippen molar-refractivity contribution in [2.45, 2.75) is 309 Å². The van der Waals surface area contributed by atoms with Crippen molar-refractivity contribution in [1.82, 2.24) is 5.32 Å². The second-order valence-corrected chi connectivity index (χ2v) is 19.0. The van der Waals surface area contributed by atoms with E-state index in [1.54, 1.807) is 6.08 Å². The van der Waals surface area contributed by atoms with E-state index in [0.29, 0.717) is 6.42 Å². The Morgan fingerprint density at radius 3 is 0.935 bits per heavy atom. The fourth-order valence-electron chi connectivity index (χ4n) is 8.50. The van der Waals surface area contributed by atoms with Gasteiger partial charge in [-0.2, -0.15) is 0 Å². The first kappa shape index (κ1) is 60.4. The van der Waals surface area contributed by atoms with Gasteiger partial charge in [0.05, 0.1) is 18.8 Å². The molecule has 0 saturated heterocycles. The van der Waals surface area contributed by atoms with Gasteiger partial charge < -0.3 is 15.5 Å². The van der Waals surface area contributed by atoms with Crippen molar-refractivity contribution in [2.75, 3.05) is 6.61 Å². The van der Waals surface area contributed by atoms with E-state index < -0.39 is 12.1 Å². The summed E-state index contributed by atoms with van der Waals surface area (Å²) in [4.78, 5) is 12.5. The fourth-order valence-corrected chi connectivity index (χ4v) is 8.50. The van der Waals surface area contributed by atoms with Crippen LogP contribution in [0.2, 0.25) is 0 Å². The summed E-state index contributed by atoms with van der Waals surface area (Å²) in [6.45, 7) is 4.31. The van der Waals surface area contributed by atoms with Crippen LogP contribution in [-0.4, -0.2) is 34.9 Å². The van der Waals surface area contributed by atoms with Gasteiger partial charge in [-0.15, -0.1) is 0 Å². The summed E-state index contributed by atoms with van der Waals surface area (Å²) >= 11 is 0. The first-order valence-electron chi connectivity index (χ1n) is 27.9. The maximum absolute atomic E-state index is 12.5. The monoisotopic (exact) mass is 868 g/mol. The first-order valence-corrected chi connectivity index (χ1v) is 27.9. The van der Waals surface area contributed by atoms with Crippen LogP contribution >= 0.6 is 0 Å². The van der Waals surface area contributed by atoms with Crippen molar-refractivity contribution in [3.05, 3.63) is 48.6 Å². The van der Waals surface area contributed by atoms with Crippen molar-refractivity contribution in [1.29, 1.82) is 0 Å². The number of unbranched alkanes of at least 4 members (excludes halogenated alkanes) is 38. The largest absolute Gasteiger partial charge is 0.394 e. The SMILES string of the molecule is CCCCCCCCCC/C=C\CCCCCCCCCCCCCCCCCCCCCC(=O)NC(CO)C(O)/C=C/CC/C=C/CC/C=C/CCCCCCCCCCC. The molecule has 2 unspecified atom stereocenters. The van der Waals surface area contributed by atoms with Gasteiger partial charge in [0.25, 0.3) is 0 Å². The zero-order chi connectivity index (χ0) is 44.9. The van der Waals surface area contributed by atoms with Crippen molar-refractivity contribution < 1.29 is 15.0 Å². The van der Waals surface area contributed by atoms with Crippen LogP contribution in [0, 0.1) is 0 Å². The number of carbonyl (C=O) groups excluding carboxylic acids is 1. The number of carbonyl (C=O) groups is 1. The smallest absolute Gasteiger partial charge is 0.220 e. The fraction of sp³-hybridized carbons (Fsp3) is 0.845. The van der Waals surface area contributed by atoms with Crippen LogP contribution in [0.25, 0.3) is 0 Å². The van der Waals surface area contributed by atoms with E-state index in [1.165, 1.54) is 238 Å². The highest BCUT2D eigenvalue weighted by molar-refractivity contribution is 5.76. The molecule has 0 bridgehead atoms. The number of amides is 1. The number of hydrogen-bond acceptors (Lipinski definition) is 3. The molecule has 0 aromatic rings. The minimum absolute atomic E-state index is 0.0740. The molecule has 0 spiro atoms. The molecule has 62 heavy (non-hydrogen) atoms. The number of aliphatic hydroxyl groups excluding tert-OH is 2. The summed E-state index contributed by atoms with van der Waals surface area (Å²) in [5, 5.41) is 23.1. The van der Waals surface area contributed by atoms with E-state index in [9.17, 15) is 15.0 Å². The topological polar surface area (TPSA) is 69.6 Å². The normalized spacial score (nSPS) is 13.2. The summed E-state index contributed by atoms with van der Waals surface area (Å²) in [6.07, 6.45) is 74.2. The third-order valence-electron chi connectivity index (χ3n) is 12.8. The molecule has 0 fully saturated rings. The third kappa shape index (κ3) is 49.4. The van der Waals surface area contributed by atoms with Crippen LogP contribution < -0.4 is 5.32 Å². The number of hydrogen-bond donors (Lipinski definition) is 3. The standard InChI is InChI=1S/C58H109NO3/c1-3-5-7-9-11-13-15-17-19-21-23-24-25-26-27-28-29-30-31-32-33-34-36-38-40-42-44-46-48-50-52-54-58(62)59-56(55-60)57(61)53-51-49-47-45-43-41-39-37-35-22-20-18-16-14-12-10-8-6-4-2/h21,23,35,37,43,45,51,53,56-57,60-61H,3-20,22,24-34,36,38-42,44,46-50,52,54-55H2,1-2H3,(H,59,62)/b23-21-,37-35+,45-43+,53-51+. The molecular formula is C58H109NO3. The Kier molecular flexibility index (Phi) is 52.3. The second kappa shape index (κ2) is 53.7. The highest BCUT2D eigenvalue weighted by atomic mass is 16.3. The molecule has 0 aliphatic heterocycles. The molecule has 0 aromatic heterocycles. The Balaban J connectivity index is 3.50. The lowest BCUT2D eigenvalue weighted by atomic mass is 10.0. The van der Waals surface area contributed by atoms with Crippen LogP contribution in [0.5, 0.6) is 0 Å². The molecule has 2 atom stereocenters. The van der Waals surface area contributed by atoms with E-state index >= 15 is 0 Å². The molecule has 0 heterocycles. The minimum atomic E-state index is -0.870. The average Bonchev–Trinajstić information content (AvgIpc) is 3.28. The predicted molar refractivity (Wildman–Crippen MR) is 276 cm³/mol. The lowest BCUT2D eigenvalue weighted by Crippen LogP contribution is -2.45. The van der Waals surface area contributed by atoms with Crippen LogP contribution in [0.4, 0.5) is 0 Å². The molecule has 0 aliphatic rings. The third-order valence-corrected chi connectivity index (χ3v) is 12.8. The molecule has 0 aliphatic carbocycles. The Morgan fingerprint density at radius 2 is 0.629 bits per heavy atom. The van der Waals surface area contributed by atoms with E-state index in [1.807, 2.05) is 6.08 Å². The maximum atomic E-state index is 12.5. The van der Waals surface area contributed by atoms with E-state index in [0.717, 1.165) is 38.5 Å². The van der Waals surface area contributed by atoms with Gasteiger partial charge in [-0.1, -0.05) is 268 Å². The molecule has 0 saturated carbocycles. The number of nitrogens with one attached hydrogen (secondary N) is 1. The van der Waals surface area contributed by atoms with Crippen molar-refractivity contribution >= 4 is 5.91 Å². The van der Waals surface area contributed by atoms with Crippen LogP contribution in [0.1, 0.15) is 296 Å². The Morgan fingerprint density at radius 1 is 0.371 bits per heavy atom. The summed E-state index contributed by atoms with van der Waals surface area (Å²) in [6, 6.07) is -0.645. The Labute approximate surface area is 388 Å². The molecule has 4 nitrogen and oxygen atoms in total. The molecule has 0 rings (SSSR count). The Bertz CT molecular complexity index is 985. The van der Waals surface area contributed by atoms with Crippen LogP contribution in [-0.2, 0) is 4.79 Å². The molecule has 0 radical (unpaired) electrons. The first-order chi connectivity index (χ1) is 30.7. The molecular weight excluding hydrogens is 759 g/mol. The zero-order valence-corrected chi connectivity index (χ0v) is 41.9. The molecule has 4 heteroatoms. The highest BCUT2D eigenvalue weighted by Crippen LogP contribution is 2.16. The van der Waals surface area contributed by atoms with E-state index in [4.69, 9.17) is 0 Å². The lowest BCUT2D eigenvalue weighted by Gasteiger charge is -2.19. The molecule has 364 valence electrons. The van der Waals surface area contributed by atoms with Gasteiger partial charge in [0.2, 0.25) is 5.91 Å². The van der Waals surface area contributed by atoms with Gasteiger partial charge in [-0.25, -0.2) is 0 Å². The summed E-state index contributed by atoms with van der Waals surface area (Å²) in [5.74, 6) is -0.0740. The highest BCUT2D eigenvalue weighted by Gasteiger charge is 2.18. The van der Waals surface area contributed by atoms with E-state index in [2.05, 4.69) is 55.6 Å². The van der Waals surface area contributed by atoms with Crippen LogP contribution in [0.15, 0.2) is 48.6 Å². The molecule has 0 aromatic carbocycles. The molecule has 3 N–H and O–H groups in total. The maximum Gasteiger partial charge on any atom is 0.220 e. The summed E-state index contributed by atoms with van der Waals surface area (Å²) in [7, 11) is 0. The summed E-state index contributed by atoms with van der Waals surface area (Å²) < 4.78 is 0. The van der Waals surface area contributed by atoms with Crippen molar-refractivity contribution in [2.24, 2.45) is 0 Å². The minimum Gasteiger partial charge on any atom is -0.394 e. The van der Waals surface area contributed by atoms with Crippen molar-refractivity contribution in [3.63, 3.8) is 0 Å². The lowest BCUT2D eigenvalue weighted by molar-refractivity contribution is -0.123. The van der Waals surface area contributed by atoms with Gasteiger partial charge in [-0.3, -0.25) is 4.79 Å². The Hall–Kier alpha value is -1.65. The average molecular weight is 869 g/mol. The number of aliphatic hydroxyl groups is 2. The van der Waals surface area contributed by atoms with Gasteiger partial charge in [0.15, 0.2) is 0 Å². The summed E-state index contributed by atoms with van der Waals surface area (Å²) in [5.41, 5.74) is 0. The quantitative estimate of drug-likeness (QED) is 0.0421. The predicted octanol–water partition coefficient (Wildman–Crippen LogP) is 18.3. The van der Waals surface area contributed by atoms with Crippen LogP contribution in [0.3, 0.4) is 0 Å². The van der Waals surface area contributed by atoms with E-state index in [-0.39, 0.29) is 12.5 Å². The second-order valence-electron chi connectivity index (χ2n) is 19.0. The van der Waals surface area contributed by atoms with Gasteiger partial charge in [0.1, 0.15) is 0 Å². The van der Waals surface area contributed by atoms with Crippen molar-refractivity contribution in [3.8, 4) is 0 Å².